The molecule has 1 amide bonds. The van der Waals surface area contributed by atoms with Crippen LogP contribution in [-0.2, 0) is 0 Å². The van der Waals surface area contributed by atoms with Gasteiger partial charge in [0.25, 0.3) is 5.91 Å². The molecular formula is C14H15FN2O2S. The summed E-state index contributed by atoms with van der Waals surface area (Å²) in [6, 6.07) is 4.26. The Morgan fingerprint density at radius 2 is 2.30 bits per heavy atom. The first kappa shape index (κ1) is 14.5. The van der Waals surface area contributed by atoms with Crippen LogP contribution in [0.2, 0.25) is 0 Å². The fourth-order valence-corrected chi connectivity index (χ4v) is 3.01. The molecule has 0 radical (unpaired) electrons. The molecule has 20 heavy (non-hydrogen) atoms. The van der Waals surface area contributed by atoms with Gasteiger partial charge in [0.1, 0.15) is 10.7 Å². The van der Waals surface area contributed by atoms with E-state index in [2.05, 4.69) is 6.58 Å². The first-order valence-corrected chi connectivity index (χ1v) is 6.88. The molecule has 1 aromatic heterocycles. The van der Waals surface area contributed by atoms with Crippen LogP contribution in [0.4, 0.5) is 10.1 Å². The number of aliphatic hydroxyl groups excluding tert-OH is 1. The van der Waals surface area contributed by atoms with Gasteiger partial charge in [0.2, 0.25) is 0 Å². The lowest BCUT2D eigenvalue weighted by molar-refractivity contribution is 0.0748. The largest absolute Gasteiger partial charge is 0.397 e. The summed E-state index contributed by atoms with van der Waals surface area (Å²) in [6.07, 6.45) is 1.58. The first-order chi connectivity index (χ1) is 9.58. The number of halogens is 1. The van der Waals surface area contributed by atoms with Crippen molar-refractivity contribution in [1.82, 2.24) is 4.90 Å². The molecular weight excluding hydrogens is 279 g/mol. The summed E-state index contributed by atoms with van der Waals surface area (Å²) < 4.78 is 14.0. The van der Waals surface area contributed by atoms with Crippen LogP contribution >= 0.6 is 11.3 Å². The summed E-state index contributed by atoms with van der Waals surface area (Å²) in [5.41, 5.74) is 6.23. The topological polar surface area (TPSA) is 66.6 Å². The molecule has 106 valence electrons. The summed E-state index contributed by atoms with van der Waals surface area (Å²) in [5.74, 6) is -0.669. The first-order valence-electron chi connectivity index (χ1n) is 6.07. The molecule has 0 aliphatic carbocycles. The van der Waals surface area contributed by atoms with Crippen molar-refractivity contribution >= 4 is 33.0 Å². The smallest absolute Gasteiger partial charge is 0.266 e. The minimum absolute atomic E-state index is 0.140. The molecule has 4 nitrogen and oxygen atoms in total. The average Bonchev–Trinajstić information content (AvgIpc) is 2.75. The maximum absolute atomic E-state index is 13.2. The molecule has 0 aliphatic heterocycles. The van der Waals surface area contributed by atoms with Gasteiger partial charge in [0.15, 0.2) is 0 Å². The minimum atomic E-state index is -0.390. The Kier molecular flexibility index (Phi) is 4.36. The fraction of sp³-hybridized carbons (Fsp3) is 0.214. The fourth-order valence-electron chi connectivity index (χ4n) is 1.94. The van der Waals surface area contributed by atoms with E-state index in [1.54, 1.807) is 12.1 Å². The van der Waals surface area contributed by atoms with Crippen molar-refractivity contribution < 1.29 is 14.3 Å². The lowest BCUT2D eigenvalue weighted by Crippen LogP contribution is -2.33. The van der Waals surface area contributed by atoms with Gasteiger partial charge in [-0.3, -0.25) is 4.79 Å². The summed E-state index contributed by atoms with van der Waals surface area (Å²) in [6.45, 7) is 3.96. The highest BCUT2D eigenvalue weighted by atomic mass is 32.1. The van der Waals surface area contributed by atoms with Crippen LogP contribution < -0.4 is 5.73 Å². The minimum Gasteiger partial charge on any atom is -0.397 e. The van der Waals surface area contributed by atoms with Gasteiger partial charge in [-0.1, -0.05) is 6.08 Å². The highest BCUT2D eigenvalue weighted by molar-refractivity contribution is 7.21. The van der Waals surface area contributed by atoms with E-state index in [0.717, 1.165) is 4.70 Å². The van der Waals surface area contributed by atoms with E-state index < -0.39 is 0 Å². The van der Waals surface area contributed by atoms with Crippen LogP contribution in [0.1, 0.15) is 9.67 Å². The standard InChI is InChI=1S/C14H15FN2O2S/c1-2-5-17(6-7-18)14(19)13-12(16)10-8-9(15)3-4-11(10)20-13/h2-4,8,18H,1,5-7,16H2. The van der Waals surface area contributed by atoms with Crippen molar-refractivity contribution in [2.75, 3.05) is 25.4 Å². The van der Waals surface area contributed by atoms with Crippen molar-refractivity contribution in [2.24, 2.45) is 0 Å². The van der Waals surface area contributed by atoms with Gasteiger partial charge in [-0.25, -0.2) is 4.39 Å². The molecule has 0 atom stereocenters. The van der Waals surface area contributed by atoms with E-state index in [9.17, 15) is 9.18 Å². The third-order valence-electron chi connectivity index (χ3n) is 2.89. The van der Waals surface area contributed by atoms with Crippen LogP contribution in [0.5, 0.6) is 0 Å². The molecule has 0 spiro atoms. The highest BCUT2D eigenvalue weighted by Gasteiger charge is 2.21. The quantitative estimate of drug-likeness (QED) is 0.831. The Morgan fingerprint density at radius 1 is 1.55 bits per heavy atom. The van der Waals surface area contributed by atoms with Gasteiger partial charge < -0.3 is 15.7 Å². The van der Waals surface area contributed by atoms with Crippen molar-refractivity contribution in [1.29, 1.82) is 0 Å². The van der Waals surface area contributed by atoms with Gasteiger partial charge in [0.05, 0.1) is 12.3 Å². The average molecular weight is 294 g/mol. The zero-order valence-electron chi connectivity index (χ0n) is 10.8. The van der Waals surface area contributed by atoms with E-state index in [1.165, 1.54) is 28.4 Å². The summed E-state index contributed by atoms with van der Waals surface area (Å²) in [4.78, 5) is 14.2. The molecule has 0 bridgehead atoms. The number of aliphatic hydroxyl groups is 1. The Labute approximate surface area is 119 Å². The molecule has 0 saturated heterocycles. The lowest BCUT2D eigenvalue weighted by atomic mass is 10.2. The zero-order chi connectivity index (χ0) is 14.7. The van der Waals surface area contributed by atoms with E-state index in [0.29, 0.717) is 16.8 Å². The third-order valence-corrected chi connectivity index (χ3v) is 4.06. The van der Waals surface area contributed by atoms with Gasteiger partial charge in [-0.15, -0.1) is 17.9 Å². The monoisotopic (exact) mass is 294 g/mol. The van der Waals surface area contributed by atoms with E-state index >= 15 is 0 Å². The Bertz CT molecular complexity index is 654. The second kappa shape index (κ2) is 6.02. The summed E-state index contributed by atoms with van der Waals surface area (Å²) in [5, 5.41) is 9.54. The number of nitrogens with zero attached hydrogens (tertiary/aromatic N) is 1. The number of amides is 1. The van der Waals surface area contributed by atoms with E-state index in [4.69, 9.17) is 10.8 Å². The molecule has 6 heteroatoms. The SMILES string of the molecule is C=CCN(CCO)C(=O)c1sc2ccc(F)cc2c1N. The molecule has 1 heterocycles. The van der Waals surface area contributed by atoms with Crippen molar-refractivity contribution in [3.05, 3.63) is 41.5 Å². The van der Waals surface area contributed by atoms with Gasteiger partial charge in [-0.2, -0.15) is 0 Å². The molecule has 2 rings (SSSR count). The molecule has 2 aromatic rings. The predicted octanol–water partition coefficient (Wildman–Crippen LogP) is 2.24. The molecule has 1 aromatic carbocycles. The lowest BCUT2D eigenvalue weighted by Gasteiger charge is -2.19. The Morgan fingerprint density at radius 3 is 2.95 bits per heavy atom. The number of carbonyl (C=O) groups excluding carboxylic acids is 1. The van der Waals surface area contributed by atoms with Gasteiger partial charge >= 0.3 is 0 Å². The molecule has 0 fully saturated rings. The number of carbonyl (C=O) groups is 1. The Balaban J connectivity index is 2.43. The molecule has 0 aliphatic rings. The van der Waals surface area contributed by atoms with Gasteiger partial charge in [0, 0.05) is 23.2 Å². The van der Waals surface area contributed by atoms with Crippen LogP contribution in [-0.4, -0.2) is 35.6 Å². The number of anilines is 1. The normalized spacial score (nSPS) is 10.7. The Hall–Kier alpha value is -1.92. The maximum Gasteiger partial charge on any atom is 0.266 e. The number of rotatable bonds is 5. The summed E-state index contributed by atoms with van der Waals surface area (Å²) in [7, 11) is 0. The van der Waals surface area contributed by atoms with E-state index in [-0.39, 0.29) is 30.6 Å². The summed E-state index contributed by atoms with van der Waals surface area (Å²) >= 11 is 1.22. The number of hydrogen-bond donors (Lipinski definition) is 2. The molecule has 3 N–H and O–H groups in total. The van der Waals surface area contributed by atoms with Crippen LogP contribution in [0.15, 0.2) is 30.9 Å². The number of thiophene rings is 1. The van der Waals surface area contributed by atoms with Crippen LogP contribution in [0.25, 0.3) is 10.1 Å². The highest BCUT2D eigenvalue weighted by Crippen LogP contribution is 2.34. The van der Waals surface area contributed by atoms with Crippen molar-refractivity contribution in [2.45, 2.75) is 0 Å². The van der Waals surface area contributed by atoms with Crippen molar-refractivity contribution in [3.8, 4) is 0 Å². The second-order valence-electron chi connectivity index (χ2n) is 4.25. The second-order valence-corrected chi connectivity index (χ2v) is 5.30. The number of hydrogen-bond acceptors (Lipinski definition) is 4. The number of nitrogen functional groups attached to an aromatic ring is 1. The molecule has 0 unspecified atom stereocenters. The number of fused-ring (bicyclic) bond motifs is 1. The van der Waals surface area contributed by atoms with Gasteiger partial charge in [-0.05, 0) is 18.2 Å². The molecule has 0 saturated carbocycles. The maximum atomic E-state index is 13.2. The van der Waals surface area contributed by atoms with Crippen LogP contribution in [0, 0.1) is 5.82 Å². The third kappa shape index (κ3) is 2.66. The predicted molar refractivity (Wildman–Crippen MR) is 79.4 cm³/mol. The van der Waals surface area contributed by atoms with Crippen molar-refractivity contribution in [3.63, 3.8) is 0 Å². The number of benzene rings is 1. The van der Waals surface area contributed by atoms with Crippen LogP contribution in [0.3, 0.4) is 0 Å². The number of nitrogens with two attached hydrogens (primary N) is 1. The van der Waals surface area contributed by atoms with E-state index in [1.807, 2.05) is 0 Å². The zero-order valence-corrected chi connectivity index (χ0v) is 11.6.